The highest BCUT2D eigenvalue weighted by Crippen LogP contribution is 2.31. The molecule has 21 heavy (non-hydrogen) atoms. The molecule has 1 aromatic carbocycles. The van der Waals surface area contributed by atoms with Gasteiger partial charge in [-0.05, 0) is 37.4 Å². The maximum Gasteiger partial charge on any atom is 0.293 e. The van der Waals surface area contributed by atoms with Crippen molar-refractivity contribution >= 4 is 28.5 Å². The minimum Gasteiger partial charge on any atom is -0.361 e. The second-order valence-corrected chi connectivity index (χ2v) is 5.64. The summed E-state index contributed by atoms with van der Waals surface area (Å²) in [5.41, 5.74) is 0.875. The highest BCUT2D eigenvalue weighted by Gasteiger charge is 2.20. The smallest absolute Gasteiger partial charge is 0.293 e. The Morgan fingerprint density at radius 3 is 2.67 bits per heavy atom. The number of anilines is 1. The maximum atomic E-state index is 11.4. The zero-order valence-electron chi connectivity index (χ0n) is 11.9. The van der Waals surface area contributed by atoms with Crippen molar-refractivity contribution in [2.24, 2.45) is 0 Å². The molecule has 5 nitrogen and oxygen atoms in total. The summed E-state index contributed by atoms with van der Waals surface area (Å²) in [6, 6.07) is 8.62. The number of hydrogen-bond donors (Lipinski definition) is 0. The fraction of sp³-hybridized carbons (Fsp3) is 0.267. The van der Waals surface area contributed by atoms with Crippen molar-refractivity contribution in [3.8, 4) is 0 Å². The summed E-state index contributed by atoms with van der Waals surface area (Å²) in [6.07, 6.45) is 0. The summed E-state index contributed by atoms with van der Waals surface area (Å²) in [4.78, 5) is 25.3. The van der Waals surface area contributed by atoms with Crippen LogP contribution >= 0.6 is 11.3 Å². The number of nitrogens with zero attached hydrogens (tertiary/aromatic N) is 2. The minimum atomic E-state index is -0.432. The van der Waals surface area contributed by atoms with Crippen molar-refractivity contribution in [3.63, 3.8) is 0 Å². The fourth-order valence-corrected chi connectivity index (χ4v) is 2.83. The third-order valence-corrected chi connectivity index (χ3v) is 4.09. The van der Waals surface area contributed by atoms with Crippen molar-refractivity contribution < 1.29 is 9.72 Å². The van der Waals surface area contributed by atoms with Crippen LogP contribution in [0.3, 0.4) is 0 Å². The van der Waals surface area contributed by atoms with Crippen molar-refractivity contribution in [1.82, 2.24) is 0 Å². The molecule has 0 aliphatic rings. The maximum absolute atomic E-state index is 11.4. The molecule has 0 bridgehead atoms. The monoisotopic (exact) mass is 304 g/mol. The van der Waals surface area contributed by atoms with E-state index in [1.165, 1.54) is 13.0 Å². The van der Waals surface area contributed by atoms with Gasteiger partial charge in [0, 0.05) is 23.1 Å². The van der Waals surface area contributed by atoms with E-state index in [0.717, 1.165) is 4.88 Å². The van der Waals surface area contributed by atoms with Crippen LogP contribution in [0.25, 0.3) is 0 Å². The van der Waals surface area contributed by atoms with E-state index in [-0.39, 0.29) is 11.5 Å². The van der Waals surface area contributed by atoms with E-state index < -0.39 is 4.92 Å². The first-order chi connectivity index (χ1) is 10.0. The first-order valence-corrected chi connectivity index (χ1v) is 7.47. The van der Waals surface area contributed by atoms with Gasteiger partial charge in [0.1, 0.15) is 5.69 Å². The molecule has 110 valence electrons. The molecule has 1 aromatic heterocycles. The average molecular weight is 304 g/mol. The van der Waals surface area contributed by atoms with Gasteiger partial charge < -0.3 is 4.90 Å². The summed E-state index contributed by atoms with van der Waals surface area (Å²) in [6.45, 7) is 4.63. The lowest BCUT2D eigenvalue weighted by Gasteiger charge is -2.22. The molecule has 2 aromatic rings. The van der Waals surface area contributed by atoms with Crippen LogP contribution in [0.2, 0.25) is 0 Å². The molecule has 0 aliphatic heterocycles. The summed E-state index contributed by atoms with van der Waals surface area (Å²) >= 11 is 1.62. The third-order valence-electron chi connectivity index (χ3n) is 3.23. The van der Waals surface area contributed by atoms with E-state index in [4.69, 9.17) is 0 Å². The van der Waals surface area contributed by atoms with E-state index in [0.29, 0.717) is 24.3 Å². The predicted molar refractivity (Wildman–Crippen MR) is 84.1 cm³/mol. The number of rotatable bonds is 6. The number of carbonyl (C=O) groups is 1. The molecule has 6 heteroatoms. The quantitative estimate of drug-likeness (QED) is 0.461. The van der Waals surface area contributed by atoms with Crippen molar-refractivity contribution in [2.75, 3.05) is 11.4 Å². The number of hydrogen-bond acceptors (Lipinski definition) is 5. The molecule has 0 aliphatic carbocycles. The van der Waals surface area contributed by atoms with Crippen LogP contribution in [0, 0.1) is 10.1 Å². The molecular weight excluding hydrogens is 288 g/mol. The van der Waals surface area contributed by atoms with Crippen LogP contribution < -0.4 is 4.90 Å². The molecule has 0 unspecified atom stereocenters. The molecule has 0 saturated heterocycles. The average Bonchev–Trinajstić information content (AvgIpc) is 2.97. The largest absolute Gasteiger partial charge is 0.361 e. The Bertz CT molecular complexity index is 653. The molecule has 0 atom stereocenters. The van der Waals surface area contributed by atoms with Crippen LogP contribution in [-0.2, 0) is 6.54 Å². The number of nitro groups is 1. The van der Waals surface area contributed by atoms with Crippen LogP contribution in [0.1, 0.15) is 29.1 Å². The summed E-state index contributed by atoms with van der Waals surface area (Å²) in [5.74, 6) is -0.175. The Morgan fingerprint density at radius 1 is 1.38 bits per heavy atom. The number of carbonyl (C=O) groups excluding carboxylic acids is 1. The lowest BCUT2D eigenvalue weighted by molar-refractivity contribution is -0.384. The SMILES string of the molecule is CCN(Cc1cccs1)c1ccc(C(C)=O)cc1[N+](=O)[O-]. The van der Waals surface area contributed by atoms with Gasteiger partial charge >= 0.3 is 0 Å². The highest BCUT2D eigenvalue weighted by molar-refractivity contribution is 7.09. The van der Waals surface area contributed by atoms with Gasteiger partial charge in [-0.25, -0.2) is 0 Å². The third kappa shape index (κ3) is 3.46. The normalized spacial score (nSPS) is 10.4. The molecule has 0 spiro atoms. The number of Topliss-reactive ketones (excluding diaryl/α,β-unsaturated/α-hetero) is 1. The Balaban J connectivity index is 2.40. The predicted octanol–water partition coefficient (Wildman–Crippen LogP) is 3.89. The molecule has 0 amide bonds. The van der Waals surface area contributed by atoms with Gasteiger partial charge in [-0.15, -0.1) is 11.3 Å². The van der Waals surface area contributed by atoms with Gasteiger partial charge in [0.25, 0.3) is 5.69 Å². The molecular formula is C15H16N2O3S. The lowest BCUT2D eigenvalue weighted by Crippen LogP contribution is -2.22. The van der Waals surface area contributed by atoms with Gasteiger partial charge in [-0.2, -0.15) is 0 Å². The van der Waals surface area contributed by atoms with Crippen LogP contribution in [0.4, 0.5) is 11.4 Å². The Morgan fingerprint density at radius 2 is 2.14 bits per heavy atom. The summed E-state index contributed by atoms with van der Waals surface area (Å²) in [7, 11) is 0. The van der Waals surface area contributed by atoms with Gasteiger partial charge in [0.2, 0.25) is 0 Å². The summed E-state index contributed by atoms with van der Waals surface area (Å²) < 4.78 is 0. The number of thiophene rings is 1. The molecule has 0 fully saturated rings. The first kappa shape index (κ1) is 15.2. The highest BCUT2D eigenvalue weighted by atomic mass is 32.1. The molecule has 0 radical (unpaired) electrons. The second kappa shape index (κ2) is 6.49. The Hall–Kier alpha value is -2.21. The molecule has 0 saturated carbocycles. The zero-order valence-corrected chi connectivity index (χ0v) is 12.7. The zero-order chi connectivity index (χ0) is 15.4. The van der Waals surface area contributed by atoms with E-state index in [2.05, 4.69) is 0 Å². The number of ketones is 1. The van der Waals surface area contributed by atoms with Crippen LogP contribution in [0.15, 0.2) is 35.7 Å². The Labute approximate surface area is 127 Å². The number of nitro benzene ring substituents is 1. The molecule has 1 heterocycles. The van der Waals surface area contributed by atoms with E-state index >= 15 is 0 Å². The summed E-state index contributed by atoms with van der Waals surface area (Å²) in [5, 5.41) is 13.3. The van der Waals surface area contributed by atoms with Gasteiger partial charge in [-0.3, -0.25) is 14.9 Å². The van der Waals surface area contributed by atoms with E-state index in [1.807, 2.05) is 29.3 Å². The fourth-order valence-electron chi connectivity index (χ4n) is 2.11. The van der Waals surface area contributed by atoms with Gasteiger partial charge in [0.15, 0.2) is 5.78 Å². The van der Waals surface area contributed by atoms with Crippen LogP contribution in [0.5, 0.6) is 0 Å². The molecule has 0 N–H and O–H groups in total. The van der Waals surface area contributed by atoms with E-state index in [1.54, 1.807) is 23.5 Å². The Kier molecular flexibility index (Phi) is 4.70. The van der Waals surface area contributed by atoms with Crippen molar-refractivity contribution in [3.05, 3.63) is 56.3 Å². The topological polar surface area (TPSA) is 63.5 Å². The van der Waals surface area contributed by atoms with Gasteiger partial charge in [0.05, 0.1) is 11.5 Å². The standard InChI is InChI=1S/C15H16N2O3S/c1-3-16(10-13-5-4-8-21-13)14-7-6-12(11(2)18)9-15(14)17(19)20/h4-9H,3,10H2,1-2H3. The lowest BCUT2D eigenvalue weighted by atomic mass is 10.1. The van der Waals surface area contributed by atoms with Crippen molar-refractivity contribution in [1.29, 1.82) is 0 Å². The van der Waals surface area contributed by atoms with Gasteiger partial charge in [-0.1, -0.05) is 6.07 Å². The first-order valence-electron chi connectivity index (χ1n) is 6.59. The minimum absolute atomic E-state index is 0.0268. The van der Waals surface area contributed by atoms with Crippen LogP contribution in [-0.4, -0.2) is 17.3 Å². The van der Waals surface area contributed by atoms with E-state index in [9.17, 15) is 14.9 Å². The molecule has 2 rings (SSSR count). The number of benzene rings is 1. The second-order valence-electron chi connectivity index (χ2n) is 4.61. The van der Waals surface area contributed by atoms with Crippen molar-refractivity contribution in [2.45, 2.75) is 20.4 Å².